The number of anilines is 1. The summed E-state index contributed by atoms with van der Waals surface area (Å²) in [6, 6.07) is 3.46. The SMILES string of the molecule is CC(C)(C)OC(=O)N1CCN(C(=O)CNc2cc3c(cc2Cl)OCCCO3)CC1. The smallest absolute Gasteiger partial charge is 0.410 e. The Morgan fingerprint density at radius 3 is 2.28 bits per heavy atom. The van der Waals surface area contributed by atoms with Crippen LogP contribution in [0.2, 0.25) is 5.02 Å². The summed E-state index contributed by atoms with van der Waals surface area (Å²) >= 11 is 6.31. The molecule has 160 valence electrons. The van der Waals surface area contributed by atoms with E-state index in [2.05, 4.69) is 5.32 Å². The molecule has 3 rings (SSSR count). The molecule has 2 aliphatic heterocycles. The predicted molar refractivity (Wildman–Crippen MR) is 110 cm³/mol. The summed E-state index contributed by atoms with van der Waals surface area (Å²) in [5, 5.41) is 3.55. The van der Waals surface area contributed by atoms with Gasteiger partial charge in [-0.1, -0.05) is 11.6 Å². The molecule has 0 atom stereocenters. The quantitative estimate of drug-likeness (QED) is 0.801. The van der Waals surface area contributed by atoms with E-state index in [-0.39, 0.29) is 18.5 Å². The van der Waals surface area contributed by atoms with E-state index in [0.29, 0.717) is 61.6 Å². The highest BCUT2D eigenvalue weighted by molar-refractivity contribution is 6.33. The van der Waals surface area contributed by atoms with Gasteiger partial charge in [-0.3, -0.25) is 4.79 Å². The lowest BCUT2D eigenvalue weighted by molar-refractivity contribution is -0.131. The molecular formula is C20H28ClN3O5. The third-order valence-electron chi connectivity index (χ3n) is 4.55. The number of benzene rings is 1. The van der Waals surface area contributed by atoms with Crippen LogP contribution in [-0.2, 0) is 9.53 Å². The number of carbonyl (C=O) groups is 2. The number of carbonyl (C=O) groups excluding carboxylic acids is 2. The van der Waals surface area contributed by atoms with Crippen molar-refractivity contribution in [2.24, 2.45) is 0 Å². The first-order valence-electron chi connectivity index (χ1n) is 9.82. The molecule has 0 spiro atoms. The van der Waals surface area contributed by atoms with Gasteiger partial charge in [0.15, 0.2) is 11.5 Å². The van der Waals surface area contributed by atoms with Crippen molar-refractivity contribution in [1.29, 1.82) is 0 Å². The van der Waals surface area contributed by atoms with Crippen molar-refractivity contribution in [3.63, 3.8) is 0 Å². The van der Waals surface area contributed by atoms with Crippen LogP contribution in [0.5, 0.6) is 11.5 Å². The molecule has 0 bridgehead atoms. The molecule has 29 heavy (non-hydrogen) atoms. The Balaban J connectivity index is 1.51. The summed E-state index contributed by atoms with van der Waals surface area (Å²) in [4.78, 5) is 28.0. The Bertz CT molecular complexity index is 757. The molecule has 1 N–H and O–H groups in total. The minimum absolute atomic E-state index is 0.0583. The van der Waals surface area contributed by atoms with Crippen LogP contribution in [0.25, 0.3) is 0 Å². The molecule has 1 aromatic rings. The van der Waals surface area contributed by atoms with E-state index in [0.717, 1.165) is 6.42 Å². The summed E-state index contributed by atoms with van der Waals surface area (Å²) < 4.78 is 16.7. The minimum atomic E-state index is -0.532. The van der Waals surface area contributed by atoms with Gasteiger partial charge < -0.3 is 29.3 Å². The average molecular weight is 426 g/mol. The molecule has 2 aliphatic rings. The summed E-state index contributed by atoms with van der Waals surface area (Å²) in [5.74, 6) is 1.17. The molecule has 2 amide bonds. The lowest BCUT2D eigenvalue weighted by atomic mass is 10.2. The van der Waals surface area contributed by atoms with Gasteiger partial charge in [-0.05, 0) is 20.8 Å². The molecule has 1 fully saturated rings. The summed E-state index contributed by atoms with van der Waals surface area (Å²) in [6.45, 7) is 8.61. The monoisotopic (exact) mass is 425 g/mol. The van der Waals surface area contributed by atoms with E-state index in [1.165, 1.54) is 0 Å². The fraction of sp³-hybridized carbons (Fsp3) is 0.600. The molecule has 2 heterocycles. The molecule has 1 saturated heterocycles. The van der Waals surface area contributed by atoms with E-state index in [1.54, 1.807) is 21.9 Å². The van der Waals surface area contributed by atoms with E-state index >= 15 is 0 Å². The average Bonchev–Trinajstić information content (AvgIpc) is 2.89. The zero-order valence-electron chi connectivity index (χ0n) is 17.1. The van der Waals surface area contributed by atoms with Gasteiger partial charge in [0.25, 0.3) is 0 Å². The normalized spacial score (nSPS) is 16.8. The summed E-state index contributed by atoms with van der Waals surface area (Å²) in [7, 11) is 0. The van der Waals surface area contributed by atoms with Crippen LogP contribution >= 0.6 is 11.6 Å². The van der Waals surface area contributed by atoms with E-state index in [1.807, 2.05) is 20.8 Å². The fourth-order valence-corrected chi connectivity index (χ4v) is 3.29. The number of ether oxygens (including phenoxy) is 3. The number of nitrogens with one attached hydrogen (secondary N) is 1. The first-order valence-corrected chi connectivity index (χ1v) is 10.2. The van der Waals surface area contributed by atoms with Crippen molar-refractivity contribution >= 4 is 29.3 Å². The number of halogens is 1. The number of nitrogens with zero attached hydrogens (tertiary/aromatic N) is 2. The number of piperazine rings is 1. The van der Waals surface area contributed by atoms with Gasteiger partial charge in [0.05, 0.1) is 30.5 Å². The molecule has 0 radical (unpaired) electrons. The van der Waals surface area contributed by atoms with Crippen molar-refractivity contribution in [2.45, 2.75) is 32.8 Å². The number of fused-ring (bicyclic) bond motifs is 1. The minimum Gasteiger partial charge on any atom is -0.490 e. The van der Waals surface area contributed by atoms with Crippen LogP contribution in [0.15, 0.2) is 12.1 Å². The largest absolute Gasteiger partial charge is 0.490 e. The van der Waals surface area contributed by atoms with E-state index in [9.17, 15) is 9.59 Å². The molecular weight excluding hydrogens is 398 g/mol. The summed E-state index contributed by atoms with van der Waals surface area (Å²) in [6.07, 6.45) is 0.463. The Kier molecular flexibility index (Phi) is 6.62. The highest BCUT2D eigenvalue weighted by Crippen LogP contribution is 2.37. The van der Waals surface area contributed by atoms with E-state index < -0.39 is 5.60 Å². The molecule has 0 saturated carbocycles. The molecule has 0 unspecified atom stereocenters. The fourth-order valence-electron chi connectivity index (χ4n) is 3.07. The van der Waals surface area contributed by atoms with Gasteiger partial charge in [-0.25, -0.2) is 4.79 Å². The number of hydrogen-bond acceptors (Lipinski definition) is 6. The van der Waals surface area contributed by atoms with Gasteiger partial charge in [0, 0.05) is 44.7 Å². The van der Waals surface area contributed by atoms with Crippen LogP contribution in [0.3, 0.4) is 0 Å². The molecule has 0 aromatic heterocycles. The maximum absolute atomic E-state index is 12.6. The van der Waals surface area contributed by atoms with Crippen molar-refractivity contribution < 1.29 is 23.8 Å². The zero-order valence-corrected chi connectivity index (χ0v) is 17.9. The molecule has 9 heteroatoms. The van der Waals surface area contributed by atoms with Gasteiger partial charge >= 0.3 is 6.09 Å². The van der Waals surface area contributed by atoms with Crippen LogP contribution < -0.4 is 14.8 Å². The zero-order chi connectivity index (χ0) is 21.0. The second kappa shape index (κ2) is 8.98. The first-order chi connectivity index (χ1) is 13.7. The Hall–Kier alpha value is -2.35. The lowest BCUT2D eigenvalue weighted by Crippen LogP contribution is -2.52. The Morgan fingerprint density at radius 1 is 1.07 bits per heavy atom. The number of hydrogen-bond donors (Lipinski definition) is 1. The van der Waals surface area contributed by atoms with Crippen LogP contribution in [-0.4, -0.2) is 73.3 Å². The highest BCUT2D eigenvalue weighted by Gasteiger charge is 2.27. The van der Waals surface area contributed by atoms with Gasteiger partial charge in [0.2, 0.25) is 5.91 Å². The topological polar surface area (TPSA) is 80.3 Å². The van der Waals surface area contributed by atoms with Gasteiger partial charge in [-0.2, -0.15) is 0 Å². The first kappa shape index (κ1) is 21.4. The van der Waals surface area contributed by atoms with Crippen LogP contribution in [0, 0.1) is 0 Å². The number of amides is 2. The van der Waals surface area contributed by atoms with Crippen LogP contribution in [0.4, 0.5) is 10.5 Å². The third-order valence-corrected chi connectivity index (χ3v) is 4.86. The van der Waals surface area contributed by atoms with Crippen molar-refractivity contribution in [1.82, 2.24) is 9.80 Å². The van der Waals surface area contributed by atoms with Gasteiger partial charge in [0.1, 0.15) is 5.60 Å². The predicted octanol–water partition coefficient (Wildman–Crippen LogP) is 2.99. The summed E-state index contributed by atoms with van der Waals surface area (Å²) in [5.41, 5.74) is 0.0900. The number of rotatable bonds is 3. The maximum atomic E-state index is 12.6. The highest BCUT2D eigenvalue weighted by atomic mass is 35.5. The Labute approximate surface area is 176 Å². The maximum Gasteiger partial charge on any atom is 0.410 e. The second-order valence-corrected chi connectivity index (χ2v) is 8.44. The van der Waals surface area contributed by atoms with Crippen molar-refractivity contribution in [2.75, 3.05) is 51.3 Å². The molecule has 0 aliphatic carbocycles. The lowest BCUT2D eigenvalue weighted by Gasteiger charge is -2.35. The van der Waals surface area contributed by atoms with Crippen LogP contribution in [0.1, 0.15) is 27.2 Å². The standard InChI is InChI=1S/C20H28ClN3O5/c1-20(2,3)29-19(26)24-7-5-23(6-8-24)18(25)13-22-15-12-17-16(11-14(15)21)27-9-4-10-28-17/h11-12,22H,4-10,13H2,1-3H3. The second-order valence-electron chi connectivity index (χ2n) is 8.03. The third kappa shape index (κ3) is 5.82. The molecule has 8 nitrogen and oxygen atoms in total. The Morgan fingerprint density at radius 2 is 1.66 bits per heavy atom. The van der Waals surface area contributed by atoms with Crippen molar-refractivity contribution in [3.8, 4) is 11.5 Å². The molecule has 1 aromatic carbocycles. The van der Waals surface area contributed by atoms with Crippen molar-refractivity contribution in [3.05, 3.63) is 17.2 Å². The van der Waals surface area contributed by atoms with E-state index in [4.69, 9.17) is 25.8 Å². The van der Waals surface area contributed by atoms with Gasteiger partial charge in [-0.15, -0.1) is 0 Å².